The van der Waals surface area contributed by atoms with Crippen LogP contribution in [0.4, 0.5) is 0 Å². The Morgan fingerprint density at radius 3 is 2.76 bits per heavy atom. The second-order valence-electron chi connectivity index (χ2n) is 5.74. The fourth-order valence-electron chi connectivity index (χ4n) is 2.42. The summed E-state index contributed by atoms with van der Waals surface area (Å²) in [7, 11) is 0. The van der Waals surface area contributed by atoms with Crippen LogP contribution >= 0.6 is 15.9 Å². The highest BCUT2D eigenvalue weighted by Crippen LogP contribution is 2.29. The molecule has 0 bridgehead atoms. The lowest BCUT2D eigenvalue weighted by molar-refractivity contribution is -0.139. The number of aryl methyl sites for hydroxylation is 1. The Kier molecular flexibility index (Phi) is 7.25. The van der Waals surface area contributed by atoms with Gasteiger partial charge in [-0.05, 0) is 71.6 Å². The molecule has 0 aliphatic heterocycles. The number of pyridine rings is 1. The van der Waals surface area contributed by atoms with E-state index in [0.29, 0.717) is 11.5 Å². The molecular formula is C19H22BrNO4. The second kappa shape index (κ2) is 9.42. The van der Waals surface area contributed by atoms with Crippen LogP contribution < -0.4 is 9.47 Å². The van der Waals surface area contributed by atoms with Gasteiger partial charge in [0.25, 0.3) is 0 Å². The van der Waals surface area contributed by atoms with Crippen LogP contribution in [0.1, 0.15) is 43.5 Å². The first-order chi connectivity index (χ1) is 12.0. The Bertz CT molecular complexity index is 720. The molecule has 1 N–H and O–H groups in total. The second-order valence-corrected chi connectivity index (χ2v) is 6.56. The van der Waals surface area contributed by atoms with E-state index in [9.17, 15) is 4.79 Å². The van der Waals surface area contributed by atoms with Crippen LogP contribution in [0.5, 0.6) is 11.5 Å². The Hall–Kier alpha value is -2.08. The third-order valence-electron chi connectivity index (χ3n) is 3.66. The molecule has 0 unspecified atom stereocenters. The summed E-state index contributed by atoms with van der Waals surface area (Å²) in [5.74, 6) is 0.253. The first-order valence-corrected chi connectivity index (χ1v) is 9.03. The number of rotatable bonds is 9. The third-order valence-corrected chi connectivity index (χ3v) is 4.10. The van der Waals surface area contributed by atoms with Crippen molar-refractivity contribution in [3.63, 3.8) is 0 Å². The van der Waals surface area contributed by atoms with Gasteiger partial charge in [0.2, 0.25) is 0 Å². The van der Waals surface area contributed by atoms with Crippen molar-refractivity contribution in [2.75, 3.05) is 6.61 Å². The van der Waals surface area contributed by atoms with Crippen molar-refractivity contribution >= 4 is 21.9 Å². The summed E-state index contributed by atoms with van der Waals surface area (Å²) in [6.07, 6.45) is 2.85. The number of ether oxygens (including phenoxy) is 2. The first kappa shape index (κ1) is 19.2. The van der Waals surface area contributed by atoms with Gasteiger partial charge in [0, 0.05) is 0 Å². The number of aromatic nitrogens is 1. The smallest absolute Gasteiger partial charge is 0.341 e. The number of carbonyl (C=O) groups is 1. The number of hydrogen-bond acceptors (Lipinski definition) is 4. The number of halogens is 1. The van der Waals surface area contributed by atoms with Gasteiger partial charge in [0.15, 0.2) is 6.61 Å². The summed E-state index contributed by atoms with van der Waals surface area (Å²) in [6, 6.07) is 11.2. The lowest BCUT2D eigenvalue weighted by Crippen LogP contribution is -2.11. The van der Waals surface area contributed by atoms with Gasteiger partial charge in [-0.25, -0.2) is 9.78 Å². The highest BCUT2D eigenvalue weighted by atomic mass is 79.9. The average Bonchev–Trinajstić information content (AvgIpc) is 2.57. The number of nitrogens with zero attached hydrogens (tertiary/aromatic N) is 1. The maximum Gasteiger partial charge on any atom is 0.341 e. The van der Waals surface area contributed by atoms with E-state index in [4.69, 9.17) is 14.6 Å². The lowest BCUT2D eigenvalue weighted by Gasteiger charge is -2.19. The number of carboxylic acid groups (broad SMARTS) is 1. The molecule has 0 radical (unpaired) electrons. The van der Waals surface area contributed by atoms with Crippen LogP contribution in [-0.2, 0) is 4.79 Å². The highest BCUT2D eigenvalue weighted by molar-refractivity contribution is 9.10. The minimum absolute atomic E-state index is 0.136. The standard InChI is InChI=1S/C19H22BrNO4/c1-3-4-7-17(15-6-5-8-18(20)21-15)25-14-9-10-16(13(2)11-14)24-12-19(22)23/h5-6,8-11,17H,3-4,7,12H2,1-2H3,(H,22,23)/t17-/m0/s1. The van der Waals surface area contributed by atoms with Gasteiger partial charge in [0.1, 0.15) is 22.2 Å². The molecule has 1 aromatic carbocycles. The van der Waals surface area contributed by atoms with Gasteiger partial charge in [-0.1, -0.05) is 19.4 Å². The van der Waals surface area contributed by atoms with Crippen molar-refractivity contribution < 1.29 is 19.4 Å². The Morgan fingerprint density at radius 1 is 1.32 bits per heavy atom. The first-order valence-electron chi connectivity index (χ1n) is 8.24. The van der Waals surface area contributed by atoms with Crippen molar-refractivity contribution in [2.45, 2.75) is 39.2 Å². The van der Waals surface area contributed by atoms with Crippen molar-refractivity contribution in [3.05, 3.63) is 52.3 Å². The molecule has 2 aromatic rings. The zero-order valence-corrected chi connectivity index (χ0v) is 16.0. The van der Waals surface area contributed by atoms with Crippen molar-refractivity contribution in [2.24, 2.45) is 0 Å². The Balaban J connectivity index is 2.15. The zero-order valence-electron chi connectivity index (χ0n) is 14.4. The van der Waals surface area contributed by atoms with E-state index in [1.54, 1.807) is 12.1 Å². The van der Waals surface area contributed by atoms with Gasteiger partial charge >= 0.3 is 5.97 Å². The van der Waals surface area contributed by atoms with Gasteiger partial charge in [-0.15, -0.1) is 0 Å². The fraction of sp³-hybridized carbons (Fsp3) is 0.368. The molecule has 0 saturated carbocycles. The molecule has 6 heteroatoms. The molecular weight excluding hydrogens is 386 g/mol. The van der Waals surface area contributed by atoms with Crippen LogP contribution in [0.2, 0.25) is 0 Å². The van der Waals surface area contributed by atoms with Crippen molar-refractivity contribution in [1.82, 2.24) is 4.98 Å². The molecule has 0 amide bonds. The topological polar surface area (TPSA) is 68.7 Å². The van der Waals surface area contributed by atoms with Gasteiger partial charge in [-0.3, -0.25) is 0 Å². The van der Waals surface area contributed by atoms with Crippen molar-refractivity contribution in [3.8, 4) is 11.5 Å². The summed E-state index contributed by atoms with van der Waals surface area (Å²) in [4.78, 5) is 15.1. The largest absolute Gasteiger partial charge is 0.484 e. The number of benzene rings is 1. The minimum atomic E-state index is -1.000. The summed E-state index contributed by atoms with van der Waals surface area (Å²) >= 11 is 3.40. The van der Waals surface area contributed by atoms with Gasteiger partial charge < -0.3 is 14.6 Å². The van der Waals surface area contributed by atoms with E-state index in [0.717, 1.165) is 35.1 Å². The minimum Gasteiger partial charge on any atom is -0.484 e. The number of carboxylic acids is 1. The van der Waals surface area contributed by atoms with Crippen LogP contribution in [0.3, 0.4) is 0 Å². The molecule has 0 fully saturated rings. The molecule has 0 spiro atoms. The van der Waals surface area contributed by atoms with E-state index in [1.165, 1.54) is 0 Å². The zero-order chi connectivity index (χ0) is 18.2. The number of aliphatic carboxylic acids is 1. The molecule has 0 aliphatic carbocycles. The maximum atomic E-state index is 10.6. The predicted molar refractivity (Wildman–Crippen MR) is 99.1 cm³/mol. The van der Waals surface area contributed by atoms with E-state index >= 15 is 0 Å². The van der Waals surface area contributed by atoms with Crippen LogP contribution in [-0.4, -0.2) is 22.7 Å². The summed E-state index contributed by atoms with van der Waals surface area (Å²) in [6.45, 7) is 3.65. The lowest BCUT2D eigenvalue weighted by atomic mass is 10.1. The Labute approximate surface area is 156 Å². The van der Waals surface area contributed by atoms with Crippen molar-refractivity contribution in [1.29, 1.82) is 0 Å². The van der Waals surface area contributed by atoms with Crippen LogP contribution in [0, 0.1) is 6.92 Å². The normalized spacial score (nSPS) is 11.8. The number of hydrogen-bond donors (Lipinski definition) is 1. The number of unbranched alkanes of at least 4 members (excludes halogenated alkanes) is 1. The molecule has 0 saturated heterocycles. The molecule has 0 aliphatic rings. The maximum absolute atomic E-state index is 10.6. The van der Waals surface area contributed by atoms with E-state index in [2.05, 4.69) is 27.8 Å². The molecule has 1 aromatic heterocycles. The SMILES string of the molecule is CCCC[C@H](Oc1ccc(OCC(=O)O)c(C)c1)c1cccc(Br)n1. The summed E-state index contributed by atoms with van der Waals surface area (Å²) in [5.41, 5.74) is 1.71. The van der Waals surface area contributed by atoms with Gasteiger partial charge in [-0.2, -0.15) is 0 Å². The molecule has 25 heavy (non-hydrogen) atoms. The van der Waals surface area contributed by atoms with Crippen LogP contribution in [0.15, 0.2) is 41.0 Å². The quantitative estimate of drug-likeness (QED) is 0.596. The summed E-state index contributed by atoms with van der Waals surface area (Å²) < 4.78 is 12.2. The Morgan fingerprint density at radius 2 is 2.12 bits per heavy atom. The molecule has 134 valence electrons. The molecule has 5 nitrogen and oxygen atoms in total. The average molecular weight is 408 g/mol. The molecule has 1 heterocycles. The van der Waals surface area contributed by atoms with Gasteiger partial charge in [0.05, 0.1) is 5.69 Å². The third kappa shape index (κ3) is 6.05. The van der Waals surface area contributed by atoms with E-state index < -0.39 is 5.97 Å². The van der Waals surface area contributed by atoms with E-state index in [1.807, 2.05) is 31.2 Å². The molecule has 1 atom stereocenters. The fourth-order valence-corrected chi connectivity index (χ4v) is 2.78. The summed E-state index contributed by atoms with van der Waals surface area (Å²) in [5, 5.41) is 8.71. The van der Waals surface area contributed by atoms with E-state index in [-0.39, 0.29) is 12.7 Å². The predicted octanol–water partition coefficient (Wildman–Crippen LogP) is 4.93. The highest BCUT2D eigenvalue weighted by Gasteiger charge is 2.16. The van der Waals surface area contributed by atoms with Crippen LogP contribution in [0.25, 0.3) is 0 Å². The molecule has 2 rings (SSSR count). The monoisotopic (exact) mass is 407 g/mol.